The molecule has 1 saturated carbocycles. The van der Waals surface area contributed by atoms with E-state index in [0.29, 0.717) is 23.4 Å². The SMILES string of the molecule is COc1ccccc1-c1noc(C(C)NC(=O)[C@@]23CCCC[C@H]2CNC3)n1. The van der Waals surface area contributed by atoms with Crippen LogP contribution < -0.4 is 15.4 Å². The fourth-order valence-electron chi connectivity index (χ4n) is 4.44. The molecule has 1 aliphatic heterocycles. The summed E-state index contributed by atoms with van der Waals surface area (Å²) in [6.07, 6.45) is 4.38. The van der Waals surface area contributed by atoms with Crippen LogP contribution in [0.1, 0.15) is 44.5 Å². The van der Waals surface area contributed by atoms with Crippen LogP contribution in [0.3, 0.4) is 0 Å². The molecule has 7 heteroatoms. The van der Waals surface area contributed by atoms with Crippen LogP contribution in [-0.4, -0.2) is 36.2 Å². The van der Waals surface area contributed by atoms with E-state index in [9.17, 15) is 4.79 Å². The van der Waals surface area contributed by atoms with E-state index in [0.717, 1.165) is 37.9 Å². The van der Waals surface area contributed by atoms with Gasteiger partial charge in [-0.15, -0.1) is 0 Å². The van der Waals surface area contributed by atoms with E-state index in [4.69, 9.17) is 9.26 Å². The number of rotatable bonds is 5. The molecule has 1 amide bonds. The second-order valence-electron chi connectivity index (χ2n) is 7.58. The highest BCUT2D eigenvalue weighted by atomic mass is 16.5. The molecule has 1 aliphatic carbocycles. The van der Waals surface area contributed by atoms with Crippen LogP contribution >= 0.6 is 0 Å². The molecule has 0 spiro atoms. The van der Waals surface area contributed by atoms with Gasteiger partial charge >= 0.3 is 0 Å². The molecule has 2 aromatic rings. The zero-order chi connectivity index (χ0) is 18.9. The largest absolute Gasteiger partial charge is 0.496 e. The number of carbonyl (C=O) groups excluding carboxylic acids is 1. The van der Waals surface area contributed by atoms with Crippen molar-refractivity contribution >= 4 is 5.91 Å². The minimum Gasteiger partial charge on any atom is -0.496 e. The second kappa shape index (κ2) is 7.31. The first-order chi connectivity index (χ1) is 13.1. The Morgan fingerprint density at radius 2 is 2.26 bits per heavy atom. The molecule has 1 saturated heterocycles. The molecule has 2 heterocycles. The standard InChI is InChI=1S/C20H26N4O3/c1-13(22-19(25)20-10-6-5-7-14(20)11-21-12-20)18-23-17(24-27-18)15-8-3-4-9-16(15)26-2/h3-4,8-9,13-14,21H,5-7,10-12H2,1-2H3,(H,22,25)/t13?,14-,20+/m0/s1. The van der Waals surface area contributed by atoms with Crippen molar-refractivity contribution in [2.75, 3.05) is 20.2 Å². The van der Waals surface area contributed by atoms with Gasteiger partial charge in [-0.25, -0.2) is 0 Å². The summed E-state index contributed by atoms with van der Waals surface area (Å²) in [7, 11) is 1.61. The summed E-state index contributed by atoms with van der Waals surface area (Å²) in [6.45, 7) is 3.57. The summed E-state index contributed by atoms with van der Waals surface area (Å²) in [5.74, 6) is 2.06. The predicted octanol–water partition coefficient (Wildman–Crippen LogP) is 2.70. The number of ether oxygens (including phenoxy) is 1. The molecule has 0 radical (unpaired) electrons. The third-order valence-electron chi connectivity index (χ3n) is 6.00. The number of benzene rings is 1. The van der Waals surface area contributed by atoms with Crippen molar-refractivity contribution in [1.82, 2.24) is 20.8 Å². The van der Waals surface area contributed by atoms with Gasteiger partial charge in [-0.1, -0.05) is 30.1 Å². The van der Waals surface area contributed by atoms with Crippen molar-refractivity contribution in [3.05, 3.63) is 30.2 Å². The number of hydrogen-bond donors (Lipinski definition) is 2. The van der Waals surface area contributed by atoms with E-state index in [1.165, 1.54) is 6.42 Å². The van der Waals surface area contributed by atoms with Gasteiger partial charge in [0.15, 0.2) is 0 Å². The van der Waals surface area contributed by atoms with Gasteiger partial charge in [-0.2, -0.15) is 4.98 Å². The van der Waals surface area contributed by atoms with Gasteiger partial charge in [0.2, 0.25) is 17.6 Å². The monoisotopic (exact) mass is 370 g/mol. The summed E-state index contributed by atoms with van der Waals surface area (Å²) in [4.78, 5) is 17.6. The van der Waals surface area contributed by atoms with Crippen molar-refractivity contribution in [3.63, 3.8) is 0 Å². The fourth-order valence-corrected chi connectivity index (χ4v) is 4.44. The van der Waals surface area contributed by atoms with Crippen LogP contribution in [0.2, 0.25) is 0 Å². The van der Waals surface area contributed by atoms with Gasteiger partial charge in [0.25, 0.3) is 0 Å². The molecule has 3 atom stereocenters. The number of aromatic nitrogens is 2. The van der Waals surface area contributed by atoms with Crippen molar-refractivity contribution in [3.8, 4) is 17.1 Å². The Hall–Kier alpha value is -2.41. The zero-order valence-corrected chi connectivity index (χ0v) is 15.8. The van der Waals surface area contributed by atoms with Gasteiger partial charge in [0.1, 0.15) is 11.8 Å². The number of hydrogen-bond acceptors (Lipinski definition) is 6. The normalized spacial score (nSPS) is 25.6. The Morgan fingerprint density at radius 1 is 1.41 bits per heavy atom. The molecule has 0 bridgehead atoms. The van der Waals surface area contributed by atoms with E-state index in [2.05, 4.69) is 20.8 Å². The lowest BCUT2D eigenvalue weighted by Gasteiger charge is -2.37. The van der Waals surface area contributed by atoms with E-state index in [-0.39, 0.29) is 17.4 Å². The van der Waals surface area contributed by atoms with Crippen molar-refractivity contribution in [2.45, 2.75) is 38.6 Å². The Bertz CT molecular complexity index is 821. The molecule has 144 valence electrons. The van der Waals surface area contributed by atoms with Gasteiger partial charge in [-0.3, -0.25) is 4.79 Å². The molecular formula is C20H26N4O3. The second-order valence-corrected chi connectivity index (χ2v) is 7.58. The van der Waals surface area contributed by atoms with E-state index < -0.39 is 0 Å². The fraction of sp³-hybridized carbons (Fsp3) is 0.550. The minimum atomic E-state index is -0.342. The topological polar surface area (TPSA) is 89.3 Å². The Kier molecular flexibility index (Phi) is 4.86. The molecule has 1 unspecified atom stereocenters. The summed E-state index contributed by atoms with van der Waals surface area (Å²) >= 11 is 0. The van der Waals surface area contributed by atoms with Gasteiger partial charge < -0.3 is 19.9 Å². The molecule has 27 heavy (non-hydrogen) atoms. The van der Waals surface area contributed by atoms with E-state index in [1.807, 2.05) is 31.2 Å². The third-order valence-corrected chi connectivity index (χ3v) is 6.00. The van der Waals surface area contributed by atoms with E-state index >= 15 is 0 Å². The lowest BCUT2D eigenvalue weighted by Crippen LogP contribution is -2.48. The summed E-state index contributed by atoms with van der Waals surface area (Å²) in [6, 6.07) is 7.18. The first kappa shape index (κ1) is 18.0. The Labute approximate surface area is 158 Å². The number of carbonyl (C=O) groups is 1. The summed E-state index contributed by atoms with van der Waals surface area (Å²) in [5, 5.41) is 10.6. The lowest BCUT2D eigenvalue weighted by molar-refractivity contribution is -0.134. The molecule has 1 aromatic carbocycles. The third kappa shape index (κ3) is 3.20. The number of methoxy groups -OCH3 is 1. The predicted molar refractivity (Wildman–Crippen MR) is 100 cm³/mol. The van der Waals surface area contributed by atoms with Gasteiger partial charge in [0, 0.05) is 6.54 Å². The zero-order valence-electron chi connectivity index (χ0n) is 15.8. The first-order valence-electron chi connectivity index (χ1n) is 9.63. The van der Waals surface area contributed by atoms with Crippen molar-refractivity contribution < 1.29 is 14.1 Å². The molecule has 2 N–H and O–H groups in total. The van der Waals surface area contributed by atoms with E-state index in [1.54, 1.807) is 7.11 Å². The summed E-state index contributed by atoms with van der Waals surface area (Å²) in [5.41, 5.74) is 0.470. The maximum Gasteiger partial charge on any atom is 0.249 e. The lowest BCUT2D eigenvalue weighted by atomic mass is 9.67. The van der Waals surface area contributed by atoms with Crippen LogP contribution in [0.15, 0.2) is 28.8 Å². The molecule has 1 aromatic heterocycles. The molecule has 7 nitrogen and oxygen atoms in total. The minimum absolute atomic E-state index is 0.0988. The molecule has 2 fully saturated rings. The Morgan fingerprint density at radius 3 is 3.11 bits per heavy atom. The van der Waals surface area contributed by atoms with Gasteiger partial charge in [-0.05, 0) is 44.4 Å². The number of amides is 1. The van der Waals surface area contributed by atoms with Gasteiger partial charge in [0.05, 0.1) is 18.1 Å². The average Bonchev–Trinajstić information content (AvgIpc) is 3.35. The van der Waals surface area contributed by atoms with Crippen LogP contribution in [0, 0.1) is 11.3 Å². The van der Waals surface area contributed by atoms with Crippen LogP contribution in [0.25, 0.3) is 11.4 Å². The highest BCUT2D eigenvalue weighted by molar-refractivity contribution is 5.84. The molecule has 4 rings (SSSR count). The Balaban J connectivity index is 1.50. The first-order valence-corrected chi connectivity index (χ1v) is 9.63. The van der Waals surface area contributed by atoms with Crippen LogP contribution in [0.4, 0.5) is 0 Å². The van der Waals surface area contributed by atoms with Crippen LogP contribution in [-0.2, 0) is 4.79 Å². The average molecular weight is 370 g/mol. The highest BCUT2D eigenvalue weighted by Crippen LogP contribution is 2.44. The molecular weight excluding hydrogens is 344 g/mol. The summed E-state index contributed by atoms with van der Waals surface area (Å²) < 4.78 is 10.8. The maximum atomic E-state index is 13.1. The van der Waals surface area contributed by atoms with Crippen molar-refractivity contribution in [2.24, 2.45) is 11.3 Å². The van der Waals surface area contributed by atoms with Crippen LogP contribution in [0.5, 0.6) is 5.75 Å². The highest BCUT2D eigenvalue weighted by Gasteiger charge is 2.50. The number of nitrogens with zero attached hydrogens (tertiary/aromatic N) is 2. The quantitative estimate of drug-likeness (QED) is 0.841. The number of nitrogens with one attached hydrogen (secondary N) is 2. The smallest absolute Gasteiger partial charge is 0.249 e. The molecule has 2 aliphatic rings. The van der Waals surface area contributed by atoms with Crippen molar-refractivity contribution in [1.29, 1.82) is 0 Å². The number of para-hydroxylation sites is 1. The number of fused-ring (bicyclic) bond motifs is 1. The maximum absolute atomic E-state index is 13.1.